The molecule has 0 aromatic heterocycles. The fraction of sp³-hybridized carbons (Fsp3) is 0.867. The molecule has 22 heavy (non-hydrogen) atoms. The van der Waals surface area contributed by atoms with E-state index >= 15 is 0 Å². The molecule has 3 N–H and O–H groups in total. The van der Waals surface area contributed by atoms with Gasteiger partial charge in [0.1, 0.15) is 0 Å². The zero-order valence-electron chi connectivity index (χ0n) is 13.9. The molecule has 1 heterocycles. The maximum Gasteiger partial charge on any atom is 0.223 e. The normalized spacial score (nSPS) is 17.6. The summed E-state index contributed by atoms with van der Waals surface area (Å²) in [5, 5.41) is 2.97. The summed E-state index contributed by atoms with van der Waals surface area (Å²) < 4.78 is 5.21. The number of amides is 2. The Morgan fingerprint density at radius 3 is 2.36 bits per heavy atom. The van der Waals surface area contributed by atoms with E-state index in [0.717, 1.165) is 6.42 Å². The number of morpholine rings is 1. The number of carbonyl (C=O) groups is 2. The summed E-state index contributed by atoms with van der Waals surface area (Å²) in [4.78, 5) is 25.8. The predicted octanol–water partition coefficient (Wildman–Crippen LogP) is 0.927. The third kappa shape index (κ3) is 7.42. The summed E-state index contributed by atoms with van der Waals surface area (Å²) in [6, 6.07) is 0. The van der Waals surface area contributed by atoms with E-state index in [9.17, 15) is 9.59 Å². The van der Waals surface area contributed by atoms with Crippen LogP contribution in [0.4, 0.5) is 0 Å². The van der Waals surface area contributed by atoms with E-state index in [4.69, 9.17) is 10.5 Å². The molecule has 0 saturated carbocycles. The van der Waals surface area contributed by atoms with Crippen molar-refractivity contribution >= 4 is 24.2 Å². The van der Waals surface area contributed by atoms with Gasteiger partial charge in [-0.1, -0.05) is 13.8 Å². The van der Waals surface area contributed by atoms with Gasteiger partial charge >= 0.3 is 0 Å². The van der Waals surface area contributed by atoms with Crippen molar-refractivity contribution in [2.45, 2.75) is 45.6 Å². The number of hydrogen-bond acceptors (Lipinski definition) is 4. The van der Waals surface area contributed by atoms with Gasteiger partial charge in [-0.05, 0) is 19.3 Å². The highest BCUT2D eigenvalue weighted by Crippen LogP contribution is 2.15. The van der Waals surface area contributed by atoms with Gasteiger partial charge in [0, 0.05) is 38.0 Å². The Bertz CT molecular complexity index is 360. The fourth-order valence-electron chi connectivity index (χ4n) is 2.68. The van der Waals surface area contributed by atoms with Crippen LogP contribution in [-0.4, -0.2) is 55.1 Å². The molecule has 0 aromatic carbocycles. The first-order chi connectivity index (χ1) is 9.86. The SMILES string of the molecule is CC(C)CC(C)(CN)NC(=O)CCC(=O)N1CCOCC1.Cl. The lowest BCUT2D eigenvalue weighted by molar-refractivity contribution is -0.137. The molecular weight excluding hydrogens is 306 g/mol. The van der Waals surface area contributed by atoms with E-state index in [1.54, 1.807) is 4.90 Å². The Morgan fingerprint density at radius 2 is 1.86 bits per heavy atom. The first-order valence-electron chi connectivity index (χ1n) is 7.73. The van der Waals surface area contributed by atoms with E-state index in [-0.39, 0.29) is 37.1 Å². The van der Waals surface area contributed by atoms with Crippen LogP contribution in [-0.2, 0) is 14.3 Å². The van der Waals surface area contributed by atoms with Crippen molar-refractivity contribution in [1.29, 1.82) is 0 Å². The molecule has 130 valence electrons. The van der Waals surface area contributed by atoms with Crippen LogP contribution in [0.25, 0.3) is 0 Å². The zero-order valence-corrected chi connectivity index (χ0v) is 14.7. The molecule has 1 rings (SSSR count). The molecule has 1 fully saturated rings. The minimum absolute atomic E-state index is 0. The number of halogens is 1. The van der Waals surface area contributed by atoms with Crippen molar-refractivity contribution < 1.29 is 14.3 Å². The van der Waals surface area contributed by atoms with Crippen molar-refractivity contribution in [3.8, 4) is 0 Å². The molecule has 1 unspecified atom stereocenters. The van der Waals surface area contributed by atoms with Crippen LogP contribution in [0.2, 0.25) is 0 Å². The van der Waals surface area contributed by atoms with Gasteiger partial charge in [-0.15, -0.1) is 12.4 Å². The van der Waals surface area contributed by atoms with Gasteiger partial charge in [0.25, 0.3) is 0 Å². The summed E-state index contributed by atoms with van der Waals surface area (Å²) in [7, 11) is 0. The first kappa shape index (κ1) is 21.1. The van der Waals surface area contributed by atoms with Crippen molar-refractivity contribution in [1.82, 2.24) is 10.2 Å². The van der Waals surface area contributed by atoms with E-state index in [0.29, 0.717) is 38.8 Å². The van der Waals surface area contributed by atoms with Crippen LogP contribution >= 0.6 is 12.4 Å². The smallest absolute Gasteiger partial charge is 0.223 e. The Labute approximate surface area is 139 Å². The highest BCUT2D eigenvalue weighted by molar-refractivity contribution is 5.85. The minimum atomic E-state index is -0.396. The number of nitrogens with one attached hydrogen (secondary N) is 1. The average Bonchev–Trinajstić information content (AvgIpc) is 2.44. The van der Waals surface area contributed by atoms with Gasteiger partial charge in [0.15, 0.2) is 0 Å². The average molecular weight is 336 g/mol. The molecule has 0 radical (unpaired) electrons. The minimum Gasteiger partial charge on any atom is -0.378 e. The third-order valence-corrected chi connectivity index (χ3v) is 3.68. The van der Waals surface area contributed by atoms with Crippen LogP contribution in [0.1, 0.15) is 40.0 Å². The molecule has 6 nitrogen and oxygen atoms in total. The first-order valence-corrected chi connectivity index (χ1v) is 7.73. The van der Waals surface area contributed by atoms with Crippen molar-refractivity contribution in [2.24, 2.45) is 11.7 Å². The molecule has 0 spiro atoms. The Kier molecular flexibility index (Phi) is 9.64. The van der Waals surface area contributed by atoms with Gasteiger partial charge in [-0.2, -0.15) is 0 Å². The van der Waals surface area contributed by atoms with Crippen molar-refractivity contribution in [3.05, 3.63) is 0 Å². The lowest BCUT2D eigenvalue weighted by Crippen LogP contribution is -2.52. The molecule has 1 aliphatic heterocycles. The maximum absolute atomic E-state index is 12.0. The monoisotopic (exact) mass is 335 g/mol. The molecule has 0 bridgehead atoms. The van der Waals surface area contributed by atoms with E-state index in [1.165, 1.54) is 0 Å². The summed E-state index contributed by atoms with van der Waals surface area (Å²) in [6.07, 6.45) is 1.28. The van der Waals surface area contributed by atoms with Crippen LogP contribution in [0, 0.1) is 5.92 Å². The van der Waals surface area contributed by atoms with Gasteiger partial charge in [0.05, 0.1) is 13.2 Å². The summed E-state index contributed by atoms with van der Waals surface area (Å²) in [5.74, 6) is 0.366. The number of ether oxygens (including phenoxy) is 1. The Balaban J connectivity index is 0.00000441. The molecule has 1 saturated heterocycles. The molecule has 0 aromatic rings. The Morgan fingerprint density at radius 1 is 1.27 bits per heavy atom. The third-order valence-electron chi connectivity index (χ3n) is 3.68. The van der Waals surface area contributed by atoms with Crippen molar-refractivity contribution in [2.75, 3.05) is 32.8 Å². The van der Waals surface area contributed by atoms with Gasteiger partial charge < -0.3 is 20.7 Å². The highest BCUT2D eigenvalue weighted by atomic mass is 35.5. The lowest BCUT2D eigenvalue weighted by Gasteiger charge is -2.31. The molecular formula is C15H30ClN3O3. The summed E-state index contributed by atoms with van der Waals surface area (Å²) in [5.41, 5.74) is 5.38. The van der Waals surface area contributed by atoms with Crippen LogP contribution < -0.4 is 11.1 Å². The van der Waals surface area contributed by atoms with Crippen LogP contribution in [0.15, 0.2) is 0 Å². The Hall–Kier alpha value is -0.850. The molecule has 2 amide bonds. The van der Waals surface area contributed by atoms with E-state index in [1.807, 2.05) is 6.92 Å². The zero-order chi connectivity index (χ0) is 15.9. The topological polar surface area (TPSA) is 84.7 Å². The number of carbonyl (C=O) groups excluding carboxylic acids is 2. The van der Waals surface area contributed by atoms with E-state index < -0.39 is 5.54 Å². The molecule has 0 aliphatic carbocycles. The largest absolute Gasteiger partial charge is 0.378 e. The van der Waals surface area contributed by atoms with Gasteiger partial charge in [0.2, 0.25) is 11.8 Å². The number of nitrogens with zero attached hydrogens (tertiary/aromatic N) is 1. The standard InChI is InChI=1S/C15H29N3O3.ClH/c1-12(2)10-15(3,11-16)17-13(19)4-5-14(20)18-6-8-21-9-7-18;/h12H,4-11,16H2,1-3H3,(H,17,19);1H. The van der Waals surface area contributed by atoms with Gasteiger partial charge in [-0.3, -0.25) is 9.59 Å². The van der Waals surface area contributed by atoms with Crippen molar-refractivity contribution in [3.63, 3.8) is 0 Å². The van der Waals surface area contributed by atoms with Crippen LogP contribution in [0.5, 0.6) is 0 Å². The molecule has 1 atom stereocenters. The van der Waals surface area contributed by atoms with E-state index in [2.05, 4.69) is 19.2 Å². The second-order valence-electron chi connectivity index (χ2n) is 6.40. The molecule has 1 aliphatic rings. The fourth-order valence-corrected chi connectivity index (χ4v) is 2.68. The maximum atomic E-state index is 12.0. The molecule has 7 heteroatoms. The second kappa shape index (κ2) is 10.0. The summed E-state index contributed by atoms with van der Waals surface area (Å²) in [6.45, 7) is 8.95. The predicted molar refractivity (Wildman–Crippen MR) is 88.9 cm³/mol. The lowest BCUT2D eigenvalue weighted by atomic mass is 9.90. The number of rotatable bonds is 7. The number of nitrogens with two attached hydrogens (primary N) is 1. The summed E-state index contributed by atoms with van der Waals surface area (Å²) >= 11 is 0. The highest BCUT2D eigenvalue weighted by Gasteiger charge is 2.26. The quantitative estimate of drug-likeness (QED) is 0.724. The van der Waals surface area contributed by atoms with Gasteiger partial charge in [-0.25, -0.2) is 0 Å². The second-order valence-corrected chi connectivity index (χ2v) is 6.40. The van der Waals surface area contributed by atoms with Crippen LogP contribution in [0.3, 0.4) is 0 Å². The number of hydrogen-bond donors (Lipinski definition) is 2.